The lowest BCUT2D eigenvalue weighted by Gasteiger charge is -2.12. The molecule has 1 aliphatic carbocycles. The summed E-state index contributed by atoms with van der Waals surface area (Å²) >= 11 is 1.84. The highest BCUT2D eigenvalue weighted by Gasteiger charge is 2.18. The van der Waals surface area contributed by atoms with Crippen molar-refractivity contribution in [2.45, 2.75) is 51.7 Å². The van der Waals surface area contributed by atoms with Gasteiger partial charge >= 0.3 is 0 Å². The molecular weight excluding hydrogens is 220 g/mol. The number of thiazole rings is 1. The Bertz CT molecular complexity index is 325. The van der Waals surface area contributed by atoms with Gasteiger partial charge in [0.15, 0.2) is 0 Å². The van der Waals surface area contributed by atoms with Crippen LogP contribution in [0, 0.1) is 0 Å². The van der Waals surface area contributed by atoms with E-state index in [1.165, 1.54) is 34.8 Å². The zero-order chi connectivity index (χ0) is 11.5. The van der Waals surface area contributed by atoms with Crippen molar-refractivity contribution < 1.29 is 5.11 Å². The van der Waals surface area contributed by atoms with Crippen LogP contribution in [0.5, 0.6) is 0 Å². The molecule has 16 heavy (non-hydrogen) atoms. The highest BCUT2D eigenvalue weighted by Crippen LogP contribution is 2.29. The molecule has 1 heterocycles. The molecule has 0 aromatic carbocycles. The van der Waals surface area contributed by atoms with E-state index < -0.39 is 0 Å². The van der Waals surface area contributed by atoms with Crippen LogP contribution in [0.2, 0.25) is 0 Å². The quantitative estimate of drug-likeness (QED) is 0.846. The molecule has 0 bridgehead atoms. The zero-order valence-corrected chi connectivity index (χ0v) is 10.8. The van der Waals surface area contributed by atoms with Gasteiger partial charge in [0.25, 0.3) is 0 Å². The van der Waals surface area contributed by atoms with Crippen molar-refractivity contribution in [3.8, 4) is 0 Å². The Balaban J connectivity index is 2.00. The van der Waals surface area contributed by atoms with E-state index in [0.29, 0.717) is 6.54 Å². The van der Waals surface area contributed by atoms with E-state index in [-0.39, 0.29) is 12.1 Å². The average molecular weight is 240 g/mol. The van der Waals surface area contributed by atoms with Crippen molar-refractivity contribution in [1.82, 2.24) is 10.3 Å². The second-order valence-electron chi connectivity index (χ2n) is 4.61. The third-order valence-corrected chi connectivity index (χ3v) is 4.29. The van der Waals surface area contributed by atoms with Crippen LogP contribution in [-0.4, -0.2) is 22.7 Å². The second kappa shape index (κ2) is 5.25. The first kappa shape index (κ1) is 12.0. The van der Waals surface area contributed by atoms with Crippen LogP contribution in [0.4, 0.5) is 0 Å². The number of aromatic nitrogens is 1. The minimum Gasteiger partial charge on any atom is -0.392 e. The van der Waals surface area contributed by atoms with E-state index in [4.69, 9.17) is 4.98 Å². The minimum atomic E-state index is -0.294. The largest absolute Gasteiger partial charge is 0.392 e. The maximum absolute atomic E-state index is 9.23. The second-order valence-corrected chi connectivity index (χ2v) is 5.72. The zero-order valence-electron chi connectivity index (χ0n) is 9.99. The van der Waals surface area contributed by atoms with Gasteiger partial charge in [-0.2, -0.15) is 0 Å². The van der Waals surface area contributed by atoms with Gasteiger partial charge in [0.05, 0.1) is 17.8 Å². The Morgan fingerprint density at radius 1 is 1.38 bits per heavy atom. The molecular formula is C12H20N2OS. The first-order chi connectivity index (χ1) is 7.66. The third kappa shape index (κ3) is 2.81. The molecule has 2 N–H and O–H groups in total. The van der Waals surface area contributed by atoms with Crippen LogP contribution in [0.3, 0.4) is 0 Å². The molecule has 3 nitrogen and oxygen atoms in total. The molecule has 1 aromatic heterocycles. The highest BCUT2D eigenvalue weighted by molar-refractivity contribution is 7.11. The predicted molar refractivity (Wildman–Crippen MR) is 66.9 cm³/mol. The van der Waals surface area contributed by atoms with Crippen LogP contribution in [0.25, 0.3) is 0 Å². The van der Waals surface area contributed by atoms with Crippen molar-refractivity contribution in [1.29, 1.82) is 0 Å². The lowest BCUT2D eigenvalue weighted by Crippen LogP contribution is -2.27. The standard InChI is InChI=1S/C12H20N2OS/c1-8(15)7-13-9(2)12-14-10-5-3-4-6-11(10)16-12/h8-9,13,15H,3-7H2,1-2H3. The molecule has 1 aromatic rings. The molecule has 2 rings (SSSR count). The number of fused-ring (bicyclic) bond motifs is 1. The van der Waals surface area contributed by atoms with E-state index in [0.717, 1.165) is 6.42 Å². The lowest BCUT2D eigenvalue weighted by molar-refractivity contribution is 0.187. The van der Waals surface area contributed by atoms with Gasteiger partial charge in [-0.25, -0.2) is 4.98 Å². The Hall–Kier alpha value is -0.450. The number of aliphatic hydroxyl groups excluding tert-OH is 1. The summed E-state index contributed by atoms with van der Waals surface area (Å²) in [5, 5.41) is 13.7. The van der Waals surface area contributed by atoms with Gasteiger partial charge in [0.2, 0.25) is 0 Å². The van der Waals surface area contributed by atoms with Crippen LogP contribution >= 0.6 is 11.3 Å². The molecule has 2 atom stereocenters. The van der Waals surface area contributed by atoms with E-state index in [1.807, 2.05) is 11.3 Å². The van der Waals surface area contributed by atoms with Crippen LogP contribution < -0.4 is 5.32 Å². The first-order valence-corrected chi connectivity index (χ1v) is 6.88. The maximum Gasteiger partial charge on any atom is 0.110 e. The lowest BCUT2D eigenvalue weighted by atomic mass is 10.0. The molecule has 0 saturated heterocycles. The molecule has 0 saturated carbocycles. The number of nitrogens with zero attached hydrogens (tertiary/aromatic N) is 1. The number of hydrogen-bond donors (Lipinski definition) is 2. The summed E-state index contributed by atoms with van der Waals surface area (Å²) in [7, 11) is 0. The van der Waals surface area contributed by atoms with Crippen molar-refractivity contribution in [2.75, 3.05) is 6.54 Å². The number of aliphatic hydroxyl groups is 1. The maximum atomic E-state index is 9.23. The van der Waals surface area contributed by atoms with Crippen molar-refractivity contribution in [2.24, 2.45) is 0 Å². The molecule has 0 spiro atoms. The van der Waals surface area contributed by atoms with Crippen LogP contribution in [0.15, 0.2) is 0 Å². The average Bonchev–Trinajstić information content (AvgIpc) is 2.69. The number of rotatable bonds is 4. The predicted octanol–water partition coefficient (Wildman–Crippen LogP) is 2.05. The number of aryl methyl sites for hydroxylation is 2. The fraction of sp³-hybridized carbons (Fsp3) is 0.750. The summed E-state index contributed by atoms with van der Waals surface area (Å²) in [5.41, 5.74) is 1.32. The van der Waals surface area contributed by atoms with Gasteiger partial charge in [-0.3, -0.25) is 0 Å². The SMILES string of the molecule is CC(O)CNC(C)c1nc2c(s1)CCCC2. The summed E-state index contributed by atoms with van der Waals surface area (Å²) in [5.74, 6) is 0. The number of nitrogens with one attached hydrogen (secondary N) is 1. The Kier molecular flexibility index (Phi) is 3.95. The summed E-state index contributed by atoms with van der Waals surface area (Å²) in [6.45, 7) is 4.55. The van der Waals surface area contributed by atoms with Gasteiger partial charge in [-0.1, -0.05) is 0 Å². The molecule has 0 aliphatic heterocycles. The normalized spacial score (nSPS) is 19.2. The summed E-state index contributed by atoms with van der Waals surface area (Å²) in [6, 6.07) is 0.255. The fourth-order valence-corrected chi connectivity index (χ4v) is 3.17. The van der Waals surface area contributed by atoms with Crippen LogP contribution in [0.1, 0.15) is 48.3 Å². The summed E-state index contributed by atoms with van der Waals surface area (Å²) in [4.78, 5) is 6.18. The monoisotopic (exact) mass is 240 g/mol. The van der Waals surface area contributed by atoms with E-state index in [2.05, 4.69) is 12.2 Å². The van der Waals surface area contributed by atoms with Crippen LogP contribution in [-0.2, 0) is 12.8 Å². The first-order valence-electron chi connectivity index (χ1n) is 6.06. The summed E-state index contributed by atoms with van der Waals surface area (Å²) in [6.07, 6.45) is 4.65. The minimum absolute atomic E-state index is 0.255. The third-order valence-electron chi connectivity index (χ3n) is 2.95. The molecule has 2 unspecified atom stereocenters. The van der Waals surface area contributed by atoms with Gasteiger partial charge in [-0.15, -0.1) is 11.3 Å². The molecule has 4 heteroatoms. The van der Waals surface area contributed by atoms with E-state index in [1.54, 1.807) is 6.92 Å². The summed E-state index contributed by atoms with van der Waals surface area (Å²) < 4.78 is 0. The molecule has 1 aliphatic rings. The number of hydrogen-bond acceptors (Lipinski definition) is 4. The van der Waals surface area contributed by atoms with Gasteiger partial charge < -0.3 is 10.4 Å². The highest BCUT2D eigenvalue weighted by atomic mass is 32.1. The van der Waals surface area contributed by atoms with E-state index in [9.17, 15) is 5.11 Å². The van der Waals surface area contributed by atoms with Crippen molar-refractivity contribution in [3.63, 3.8) is 0 Å². The Morgan fingerprint density at radius 2 is 2.12 bits per heavy atom. The Morgan fingerprint density at radius 3 is 2.81 bits per heavy atom. The smallest absolute Gasteiger partial charge is 0.110 e. The molecule has 90 valence electrons. The van der Waals surface area contributed by atoms with Gasteiger partial charge in [0.1, 0.15) is 5.01 Å². The topological polar surface area (TPSA) is 45.1 Å². The van der Waals surface area contributed by atoms with Gasteiger partial charge in [0, 0.05) is 11.4 Å². The molecule has 0 radical (unpaired) electrons. The van der Waals surface area contributed by atoms with Crippen molar-refractivity contribution >= 4 is 11.3 Å². The fourth-order valence-electron chi connectivity index (χ4n) is 1.99. The van der Waals surface area contributed by atoms with E-state index >= 15 is 0 Å². The molecule has 0 fully saturated rings. The molecule has 0 amide bonds. The Labute approximate surface area is 101 Å². The van der Waals surface area contributed by atoms with Gasteiger partial charge in [-0.05, 0) is 39.5 Å². The van der Waals surface area contributed by atoms with Crippen molar-refractivity contribution in [3.05, 3.63) is 15.6 Å².